The molecule has 96 valence electrons. The van der Waals surface area contributed by atoms with Gasteiger partial charge in [0.25, 0.3) is 5.56 Å². The molecular formula is C11H12N2O5. The zero-order chi connectivity index (χ0) is 13.3. The fraction of sp³-hybridized carbons (Fsp3) is 0.364. The molecule has 1 aromatic heterocycles. The number of carbonyl (C=O) groups is 1. The molecule has 2 rings (SSSR count). The molecule has 0 fully saturated rings. The molecule has 1 aliphatic heterocycles. The molecule has 0 saturated carbocycles. The molecule has 0 amide bonds. The van der Waals surface area contributed by atoms with E-state index in [-0.39, 0.29) is 0 Å². The lowest BCUT2D eigenvalue weighted by atomic mass is 10.3. The average molecular weight is 252 g/mol. The molecule has 0 aromatic carbocycles. The Morgan fingerprint density at radius 1 is 1.44 bits per heavy atom. The molecule has 2 unspecified atom stereocenters. The molecule has 0 radical (unpaired) electrons. The lowest BCUT2D eigenvalue weighted by molar-refractivity contribution is -0.153. The van der Waals surface area contributed by atoms with E-state index in [1.54, 1.807) is 13.0 Å². The van der Waals surface area contributed by atoms with Crippen molar-refractivity contribution in [3.8, 4) is 0 Å². The van der Waals surface area contributed by atoms with Gasteiger partial charge >= 0.3 is 11.7 Å². The van der Waals surface area contributed by atoms with Crippen LogP contribution in [-0.4, -0.2) is 28.7 Å². The summed E-state index contributed by atoms with van der Waals surface area (Å²) in [5.74, 6) is -0.539. The van der Waals surface area contributed by atoms with Gasteiger partial charge in [-0.2, -0.15) is 0 Å². The summed E-state index contributed by atoms with van der Waals surface area (Å²) in [6, 6.07) is 0. The molecule has 0 bridgehead atoms. The van der Waals surface area contributed by atoms with E-state index in [0.717, 1.165) is 0 Å². The van der Waals surface area contributed by atoms with Crippen LogP contribution in [0.3, 0.4) is 0 Å². The first-order chi connectivity index (χ1) is 8.52. The van der Waals surface area contributed by atoms with Crippen molar-refractivity contribution >= 4 is 5.97 Å². The van der Waals surface area contributed by atoms with Gasteiger partial charge in [-0.05, 0) is 19.1 Å². The third-order valence-corrected chi connectivity index (χ3v) is 2.59. The van der Waals surface area contributed by atoms with Crippen molar-refractivity contribution in [2.24, 2.45) is 0 Å². The van der Waals surface area contributed by atoms with Gasteiger partial charge in [-0.25, -0.2) is 9.59 Å². The van der Waals surface area contributed by atoms with Crippen LogP contribution in [0.2, 0.25) is 0 Å². The van der Waals surface area contributed by atoms with Gasteiger partial charge in [0.2, 0.25) is 0 Å². The van der Waals surface area contributed by atoms with Gasteiger partial charge in [0.1, 0.15) is 0 Å². The number of aromatic nitrogens is 2. The van der Waals surface area contributed by atoms with Crippen LogP contribution in [0.25, 0.3) is 0 Å². The first kappa shape index (κ1) is 12.3. The summed E-state index contributed by atoms with van der Waals surface area (Å²) in [6.07, 6.45) is 2.89. The quantitative estimate of drug-likeness (QED) is 0.564. The van der Waals surface area contributed by atoms with Gasteiger partial charge in [-0.15, -0.1) is 0 Å². The Bertz CT molecular complexity index is 613. The van der Waals surface area contributed by atoms with Crippen LogP contribution in [0, 0.1) is 6.92 Å². The van der Waals surface area contributed by atoms with Crippen molar-refractivity contribution in [1.82, 2.24) is 9.55 Å². The minimum atomic E-state index is -0.834. The standard InChI is InChI=1S/C11H12N2O5/c1-6-5-13(11(16)12-9(6)14)8-4-3-7(18-8)10(15)17-2/h3-5,7-8H,1-2H3,(H,12,14,16). The van der Waals surface area contributed by atoms with E-state index < -0.39 is 29.6 Å². The second-order valence-corrected chi connectivity index (χ2v) is 3.83. The first-order valence-corrected chi connectivity index (χ1v) is 5.26. The van der Waals surface area contributed by atoms with E-state index in [0.29, 0.717) is 5.56 Å². The van der Waals surface area contributed by atoms with E-state index in [1.165, 1.54) is 23.9 Å². The zero-order valence-corrected chi connectivity index (χ0v) is 9.88. The second kappa shape index (κ2) is 4.61. The van der Waals surface area contributed by atoms with E-state index in [9.17, 15) is 14.4 Å². The molecule has 1 aromatic rings. The van der Waals surface area contributed by atoms with Gasteiger partial charge < -0.3 is 9.47 Å². The molecule has 1 aliphatic rings. The Morgan fingerprint density at radius 3 is 2.83 bits per heavy atom. The maximum absolute atomic E-state index is 11.6. The van der Waals surface area contributed by atoms with Gasteiger partial charge in [-0.1, -0.05) is 0 Å². The molecule has 7 nitrogen and oxygen atoms in total. The Hall–Kier alpha value is -2.15. The molecule has 0 aliphatic carbocycles. The van der Waals surface area contributed by atoms with Gasteiger partial charge in [0.05, 0.1) is 7.11 Å². The van der Waals surface area contributed by atoms with Crippen LogP contribution in [0.1, 0.15) is 11.8 Å². The Labute approximate surface area is 102 Å². The predicted molar refractivity (Wildman–Crippen MR) is 61.1 cm³/mol. The SMILES string of the molecule is COC(=O)C1C=CC(n2cc(C)c(=O)[nH]c2=O)O1. The highest BCUT2D eigenvalue weighted by Gasteiger charge is 2.27. The van der Waals surface area contributed by atoms with Gasteiger partial charge in [0, 0.05) is 11.8 Å². The number of esters is 1. The van der Waals surface area contributed by atoms with Crippen molar-refractivity contribution in [3.63, 3.8) is 0 Å². The lowest BCUT2D eigenvalue weighted by Crippen LogP contribution is -2.34. The Kier molecular flexibility index (Phi) is 3.15. The molecule has 0 saturated heterocycles. The highest BCUT2D eigenvalue weighted by Crippen LogP contribution is 2.20. The molecule has 0 spiro atoms. The first-order valence-electron chi connectivity index (χ1n) is 5.26. The number of aryl methyl sites for hydroxylation is 1. The summed E-state index contributed by atoms with van der Waals surface area (Å²) in [5.41, 5.74) is -0.651. The topological polar surface area (TPSA) is 90.4 Å². The number of rotatable bonds is 2. The van der Waals surface area contributed by atoms with Crippen LogP contribution in [0.15, 0.2) is 27.9 Å². The highest BCUT2D eigenvalue weighted by atomic mass is 16.6. The zero-order valence-electron chi connectivity index (χ0n) is 9.88. The normalized spacial score (nSPS) is 22.1. The Morgan fingerprint density at radius 2 is 2.17 bits per heavy atom. The molecule has 1 N–H and O–H groups in total. The lowest BCUT2D eigenvalue weighted by Gasteiger charge is -2.14. The van der Waals surface area contributed by atoms with Crippen molar-refractivity contribution in [1.29, 1.82) is 0 Å². The smallest absolute Gasteiger partial charge is 0.339 e. The number of ether oxygens (including phenoxy) is 2. The number of H-pyrrole nitrogens is 1. The van der Waals surface area contributed by atoms with Crippen LogP contribution in [-0.2, 0) is 14.3 Å². The third kappa shape index (κ3) is 2.12. The number of methoxy groups -OCH3 is 1. The van der Waals surface area contributed by atoms with E-state index >= 15 is 0 Å². The molecule has 2 atom stereocenters. The molecular weight excluding hydrogens is 240 g/mol. The minimum Gasteiger partial charge on any atom is -0.467 e. The number of carbonyl (C=O) groups excluding carboxylic acids is 1. The van der Waals surface area contributed by atoms with Crippen LogP contribution < -0.4 is 11.2 Å². The predicted octanol–water partition coefficient (Wildman–Crippen LogP) is -0.528. The van der Waals surface area contributed by atoms with Crippen molar-refractivity contribution in [2.45, 2.75) is 19.3 Å². The number of hydrogen-bond acceptors (Lipinski definition) is 5. The second-order valence-electron chi connectivity index (χ2n) is 3.83. The summed E-state index contributed by atoms with van der Waals surface area (Å²) >= 11 is 0. The van der Waals surface area contributed by atoms with Gasteiger partial charge in [-0.3, -0.25) is 14.3 Å². The number of aromatic amines is 1. The number of nitrogens with one attached hydrogen (secondary N) is 1. The fourth-order valence-electron chi connectivity index (χ4n) is 1.62. The summed E-state index contributed by atoms with van der Waals surface area (Å²) in [6.45, 7) is 1.57. The molecule has 2 heterocycles. The van der Waals surface area contributed by atoms with Crippen molar-refractivity contribution in [2.75, 3.05) is 7.11 Å². The van der Waals surface area contributed by atoms with Crippen LogP contribution in [0.5, 0.6) is 0 Å². The summed E-state index contributed by atoms with van der Waals surface area (Å²) in [5, 5.41) is 0. The molecule has 18 heavy (non-hydrogen) atoms. The maximum atomic E-state index is 11.6. The minimum absolute atomic E-state index is 0.383. The van der Waals surface area contributed by atoms with E-state index in [4.69, 9.17) is 4.74 Å². The van der Waals surface area contributed by atoms with E-state index in [1.807, 2.05) is 0 Å². The van der Waals surface area contributed by atoms with Gasteiger partial charge in [0.15, 0.2) is 12.3 Å². The highest BCUT2D eigenvalue weighted by molar-refractivity contribution is 5.77. The van der Waals surface area contributed by atoms with Crippen molar-refractivity contribution < 1.29 is 14.3 Å². The fourth-order valence-corrected chi connectivity index (χ4v) is 1.62. The summed E-state index contributed by atoms with van der Waals surface area (Å²) in [7, 11) is 1.25. The molecule has 7 heteroatoms. The maximum Gasteiger partial charge on any atom is 0.339 e. The summed E-state index contributed by atoms with van der Waals surface area (Å²) in [4.78, 5) is 36.2. The van der Waals surface area contributed by atoms with Crippen molar-refractivity contribution in [3.05, 3.63) is 44.8 Å². The monoisotopic (exact) mass is 252 g/mol. The largest absolute Gasteiger partial charge is 0.467 e. The van der Waals surface area contributed by atoms with Crippen LogP contribution in [0.4, 0.5) is 0 Å². The van der Waals surface area contributed by atoms with E-state index in [2.05, 4.69) is 9.72 Å². The number of nitrogens with zero attached hydrogens (tertiary/aromatic N) is 1. The number of hydrogen-bond donors (Lipinski definition) is 1. The van der Waals surface area contributed by atoms with Crippen LogP contribution >= 0.6 is 0 Å². The summed E-state index contributed by atoms with van der Waals surface area (Å²) < 4.78 is 11.1. The third-order valence-electron chi connectivity index (χ3n) is 2.59. The average Bonchev–Trinajstić information content (AvgIpc) is 2.82. The Balaban J connectivity index is 2.28.